The van der Waals surface area contributed by atoms with Gasteiger partial charge >= 0.3 is 6.03 Å². The summed E-state index contributed by atoms with van der Waals surface area (Å²) in [5, 5.41) is 5.06. The largest absolute Gasteiger partial charge is 0.352 e. The normalized spacial score (nSPS) is 21.7. The van der Waals surface area contributed by atoms with Crippen molar-refractivity contribution in [3.8, 4) is 0 Å². The van der Waals surface area contributed by atoms with Gasteiger partial charge in [-0.15, -0.1) is 0 Å². The van der Waals surface area contributed by atoms with Crippen LogP contribution in [0.15, 0.2) is 0 Å². The van der Waals surface area contributed by atoms with E-state index in [-0.39, 0.29) is 24.1 Å². The number of Topliss-reactive ketones (excluding diaryl/α,β-unsaturated/α-hetero) is 1. The number of primary amides is 1. The van der Waals surface area contributed by atoms with Crippen molar-refractivity contribution in [2.75, 3.05) is 13.1 Å². The average Bonchev–Trinajstić information content (AvgIpc) is 2.96. The molecule has 0 bridgehead atoms. The summed E-state index contributed by atoms with van der Waals surface area (Å²) in [6, 6.07) is -1.85. The molecule has 1 heterocycles. The summed E-state index contributed by atoms with van der Waals surface area (Å²) in [6.07, 6.45) is 5.33. The van der Waals surface area contributed by atoms with Gasteiger partial charge in [-0.1, -0.05) is 19.3 Å². The number of rotatable bonds is 7. The summed E-state index contributed by atoms with van der Waals surface area (Å²) >= 11 is 0. The highest BCUT2D eigenvalue weighted by atomic mass is 16.2. The molecule has 2 unspecified atom stereocenters. The zero-order valence-corrected chi connectivity index (χ0v) is 14.0. The van der Waals surface area contributed by atoms with Crippen molar-refractivity contribution in [1.29, 1.82) is 0 Å². The third kappa shape index (κ3) is 4.69. The van der Waals surface area contributed by atoms with Crippen molar-refractivity contribution in [2.45, 2.75) is 57.5 Å². The van der Waals surface area contributed by atoms with E-state index in [9.17, 15) is 19.2 Å². The smallest absolute Gasteiger partial charge is 0.312 e. The van der Waals surface area contributed by atoms with Crippen LogP contribution < -0.4 is 16.4 Å². The van der Waals surface area contributed by atoms with Gasteiger partial charge in [0, 0.05) is 6.54 Å². The molecule has 0 radical (unpaired) electrons. The van der Waals surface area contributed by atoms with Crippen LogP contribution in [0, 0.1) is 5.92 Å². The molecule has 0 aromatic heterocycles. The molecular formula is C16H26N4O4. The number of hydrogen-bond donors (Lipinski definition) is 3. The number of nitrogens with two attached hydrogens (primary N) is 1. The first-order valence-corrected chi connectivity index (χ1v) is 8.52. The lowest BCUT2D eigenvalue weighted by molar-refractivity contribution is -0.138. The summed E-state index contributed by atoms with van der Waals surface area (Å²) in [5.74, 6) is -0.189. The van der Waals surface area contributed by atoms with Gasteiger partial charge in [-0.2, -0.15) is 0 Å². The van der Waals surface area contributed by atoms with E-state index in [0.717, 1.165) is 12.8 Å². The molecule has 24 heavy (non-hydrogen) atoms. The van der Waals surface area contributed by atoms with Gasteiger partial charge in [0.05, 0.1) is 12.6 Å². The van der Waals surface area contributed by atoms with E-state index >= 15 is 0 Å². The lowest BCUT2D eigenvalue weighted by atomic mass is 9.80. The maximum Gasteiger partial charge on any atom is 0.312 e. The summed E-state index contributed by atoms with van der Waals surface area (Å²) in [4.78, 5) is 48.6. The highest BCUT2D eigenvalue weighted by molar-refractivity contribution is 5.93. The molecule has 2 aliphatic rings. The van der Waals surface area contributed by atoms with Gasteiger partial charge in [-0.25, -0.2) is 4.79 Å². The Morgan fingerprint density at radius 2 is 1.88 bits per heavy atom. The second-order valence-electron chi connectivity index (χ2n) is 6.67. The van der Waals surface area contributed by atoms with Crippen molar-refractivity contribution in [2.24, 2.45) is 11.7 Å². The lowest BCUT2D eigenvalue weighted by Gasteiger charge is -2.30. The van der Waals surface area contributed by atoms with Crippen molar-refractivity contribution < 1.29 is 19.2 Å². The number of hydrogen-bond acceptors (Lipinski definition) is 4. The van der Waals surface area contributed by atoms with Gasteiger partial charge in [0.15, 0.2) is 5.78 Å². The minimum atomic E-state index is -0.777. The highest BCUT2D eigenvalue weighted by Gasteiger charge is 2.36. The molecular weight excluding hydrogens is 312 g/mol. The Labute approximate surface area is 141 Å². The number of ketones is 1. The topological polar surface area (TPSA) is 122 Å². The maximum atomic E-state index is 12.5. The molecule has 2 fully saturated rings. The molecule has 4 N–H and O–H groups in total. The minimum absolute atomic E-state index is 0.0541. The number of carbonyl (C=O) groups is 4. The number of nitrogens with one attached hydrogen (secondary N) is 2. The Balaban J connectivity index is 1.91. The van der Waals surface area contributed by atoms with Gasteiger partial charge in [0.2, 0.25) is 11.8 Å². The quantitative estimate of drug-likeness (QED) is 0.600. The molecule has 8 heteroatoms. The van der Waals surface area contributed by atoms with Gasteiger partial charge < -0.3 is 21.3 Å². The standard InChI is InChI=1S/C16H26N4O4/c1-10(21)12(8-11-4-2-5-11)19-15(23)13-6-3-7-20(13)14(22)9-18-16(17)24/h11-13H,2-9H2,1H3,(H,19,23)(H3,17,18,24). The van der Waals surface area contributed by atoms with Crippen molar-refractivity contribution in [3.05, 3.63) is 0 Å². The van der Waals surface area contributed by atoms with Crippen LogP contribution in [-0.4, -0.2) is 53.7 Å². The van der Waals surface area contributed by atoms with E-state index in [4.69, 9.17) is 5.73 Å². The summed E-state index contributed by atoms with van der Waals surface area (Å²) in [6.45, 7) is 1.72. The van der Waals surface area contributed by atoms with Crippen LogP contribution in [0.1, 0.15) is 45.4 Å². The molecule has 1 aliphatic carbocycles. The summed E-state index contributed by atoms with van der Waals surface area (Å²) < 4.78 is 0. The number of carbonyl (C=O) groups excluding carboxylic acids is 4. The fraction of sp³-hybridized carbons (Fsp3) is 0.750. The van der Waals surface area contributed by atoms with E-state index < -0.39 is 18.1 Å². The molecule has 1 aliphatic heterocycles. The Bertz CT molecular complexity index is 518. The third-order valence-corrected chi connectivity index (χ3v) is 4.89. The van der Waals surface area contributed by atoms with Gasteiger partial charge in [-0.05, 0) is 32.1 Å². The molecule has 4 amide bonds. The maximum absolute atomic E-state index is 12.5. The van der Waals surface area contributed by atoms with Crippen molar-refractivity contribution >= 4 is 23.6 Å². The van der Waals surface area contributed by atoms with Crippen LogP contribution in [0.2, 0.25) is 0 Å². The van der Waals surface area contributed by atoms with E-state index in [1.807, 2.05) is 0 Å². The Kier molecular flexibility index (Phi) is 6.16. The van der Waals surface area contributed by atoms with E-state index in [0.29, 0.717) is 31.7 Å². The van der Waals surface area contributed by atoms with Crippen LogP contribution in [0.3, 0.4) is 0 Å². The first-order chi connectivity index (χ1) is 11.4. The molecule has 2 rings (SSSR count). The van der Waals surface area contributed by atoms with E-state index in [1.54, 1.807) is 0 Å². The van der Waals surface area contributed by atoms with Crippen molar-refractivity contribution in [1.82, 2.24) is 15.5 Å². The van der Waals surface area contributed by atoms with E-state index in [1.165, 1.54) is 18.2 Å². The number of urea groups is 1. The molecule has 0 spiro atoms. The SMILES string of the molecule is CC(=O)C(CC1CCC1)NC(=O)C1CCCN1C(=O)CNC(N)=O. The van der Waals surface area contributed by atoms with E-state index in [2.05, 4.69) is 10.6 Å². The van der Waals surface area contributed by atoms with Crippen LogP contribution in [0.5, 0.6) is 0 Å². The number of nitrogens with zero attached hydrogens (tertiary/aromatic N) is 1. The molecule has 0 aromatic rings. The fourth-order valence-corrected chi connectivity index (χ4v) is 3.26. The zero-order valence-electron chi connectivity index (χ0n) is 14.0. The predicted octanol–water partition coefficient (Wildman–Crippen LogP) is -0.0903. The Morgan fingerprint density at radius 1 is 1.17 bits per heavy atom. The van der Waals surface area contributed by atoms with Gasteiger partial charge in [0.25, 0.3) is 0 Å². The average molecular weight is 338 g/mol. The van der Waals surface area contributed by atoms with Crippen LogP contribution in [-0.2, 0) is 14.4 Å². The second-order valence-corrected chi connectivity index (χ2v) is 6.67. The fourth-order valence-electron chi connectivity index (χ4n) is 3.26. The Morgan fingerprint density at radius 3 is 2.42 bits per heavy atom. The molecule has 1 saturated heterocycles. The van der Waals surface area contributed by atoms with Crippen LogP contribution >= 0.6 is 0 Å². The predicted molar refractivity (Wildman–Crippen MR) is 86.9 cm³/mol. The van der Waals surface area contributed by atoms with Gasteiger partial charge in [0.1, 0.15) is 6.04 Å². The highest BCUT2D eigenvalue weighted by Crippen LogP contribution is 2.30. The summed E-state index contributed by atoms with van der Waals surface area (Å²) in [5.41, 5.74) is 4.96. The molecule has 1 saturated carbocycles. The number of likely N-dealkylation sites (tertiary alicyclic amines) is 1. The monoisotopic (exact) mass is 338 g/mol. The summed E-state index contributed by atoms with van der Waals surface area (Å²) in [7, 11) is 0. The van der Waals surface area contributed by atoms with Crippen LogP contribution in [0.4, 0.5) is 4.79 Å². The second kappa shape index (κ2) is 8.12. The third-order valence-electron chi connectivity index (χ3n) is 4.89. The lowest BCUT2D eigenvalue weighted by Crippen LogP contribution is -2.52. The first-order valence-electron chi connectivity index (χ1n) is 8.52. The number of amides is 4. The molecule has 2 atom stereocenters. The molecule has 134 valence electrons. The minimum Gasteiger partial charge on any atom is -0.352 e. The zero-order chi connectivity index (χ0) is 17.7. The molecule has 8 nitrogen and oxygen atoms in total. The van der Waals surface area contributed by atoms with Crippen molar-refractivity contribution in [3.63, 3.8) is 0 Å². The molecule has 0 aromatic carbocycles. The Hall–Kier alpha value is -2.12. The van der Waals surface area contributed by atoms with Gasteiger partial charge in [-0.3, -0.25) is 14.4 Å². The first kappa shape index (κ1) is 18.2. The van der Waals surface area contributed by atoms with Crippen LogP contribution in [0.25, 0.3) is 0 Å².